The number of nitrogens with zero attached hydrogens (tertiary/aromatic N) is 1. The summed E-state index contributed by atoms with van der Waals surface area (Å²) in [6, 6.07) is 11.7. The van der Waals surface area contributed by atoms with E-state index in [1.54, 1.807) is 24.4 Å². The molecule has 0 aliphatic heterocycles. The Balaban J connectivity index is 1.85. The lowest BCUT2D eigenvalue weighted by Crippen LogP contribution is -2.14. The number of aromatic amines is 1. The lowest BCUT2D eigenvalue weighted by atomic mass is 10.1. The molecule has 1 N–H and O–H groups in total. The van der Waals surface area contributed by atoms with E-state index in [1.165, 1.54) is 6.07 Å². The molecule has 0 radical (unpaired) electrons. The molecule has 4 rings (SSSR count). The first-order chi connectivity index (χ1) is 13.7. The Bertz CT molecular complexity index is 1320. The van der Waals surface area contributed by atoms with E-state index in [4.69, 9.17) is 0 Å². The molecule has 0 spiro atoms. The lowest BCUT2D eigenvalue weighted by Gasteiger charge is -2.12. The van der Waals surface area contributed by atoms with Crippen molar-refractivity contribution in [3.63, 3.8) is 0 Å². The molecule has 0 saturated heterocycles. The van der Waals surface area contributed by atoms with Gasteiger partial charge in [-0.05, 0) is 54.1 Å². The highest BCUT2D eigenvalue weighted by atomic mass is 32.2. The number of hydrogen-bond acceptors (Lipinski definition) is 3. The Morgan fingerprint density at radius 1 is 0.966 bits per heavy atom. The summed E-state index contributed by atoms with van der Waals surface area (Å²) in [7, 11) is -4.23. The second-order valence-electron chi connectivity index (χ2n) is 6.38. The molecule has 0 atom stereocenters. The summed E-state index contributed by atoms with van der Waals surface area (Å²) in [5.74, 6) is 0. The summed E-state index contributed by atoms with van der Waals surface area (Å²) in [4.78, 5) is 14.0. The van der Waals surface area contributed by atoms with Gasteiger partial charge in [0.15, 0.2) is 6.29 Å². The van der Waals surface area contributed by atoms with Crippen molar-refractivity contribution in [1.29, 1.82) is 0 Å². The Labute approximate surface area is 163 Å². The van der Waals surface area contributed by atoms with Gasteiger partial charge in [-0.1, -0.05) is 6.07 Å². The maximum Gasteiger partial charge on any atom is 0.416 e. The molecule has 0 saturated carbocycles. The van der Waals surface area contributed by atoms with Gasteiger partial charge in [-0.3, -0.25) is 4.79 Å². The van der Waals surface area contributed by atoms with Crippen LogP contribution in [0.2, 0.25) is 0 Å². The molecule has 0 bridgehead atoms. The molecule has 9 heteroatoms. The van der Waals surface area contributed by atoms with Gasteiger partial charge in [-0.15, -0.1) is 0 Å². The van der Waals surface area contributed by atoms with Gasteiger partial charge >= 0.3 is 6.18 Å². The average Bonchev–Trinajstić information content (AvgIpc) is 3.33. The van der Waals surface area contributed by atoms with Crippen LogP contribution < -0.4 is 0 Å². The molecule has 0 amide bonds. The number of aldehydes is 1. The maximum atomic E-state index is 13.1. The minimum Gasteiger partial charge on any atom is -0.361 e. The van der Waals surface area contributed by atoms with E-state index >= 15 is 0 Å². The predicted molar refractivity (Wildman–Crippen MR) is 101 cm³/mol. The maximum absolute atomic E-state index is 13.1. The number of benzene rings is 2. The number of aromatic nitrogens is 2. The van der Waals surface area contributed by atoms with E-state index in [1.807, 2.05) is 6.07 Å². The zero-order chi connectivity index (χ0) is 20.8. The zero-order valence-electron chi connectivity index (χ0n) is 14.6. The van der Waals surface area contributed by atoms with E-state index < -0.39 is 21.8 Å². The highest BCUT2D eigenvalue weighted by Crippen LogP contribution is 2.32. The number of carbonyl (C=O) groups excluding carboxylic acids is 1. The molecular weight excluding hydrogens is 405 g/mol. The van der Waals surface area contributed by atoms with Gasteiger partial charge in [0.05, 0.1) is 16.2 Å². The molecule has 4 aromatic rings. The first-order valence-corrected chi connectivity index (χ1v) is 9.82. The van der Waals surface area contributed by atoms with Gasteiger partial charge in [0, 0.05) is 28.9 Å². The number of carbonyl (C=O) groups is 1. The fraction of sp³-hybridized carbons (Fsp3) is 0.0500. The number of rotatable bonds is 4. The largest absolute Gasteiger partial charge is 0.416 e. The third-order valence-electron chi connectivity index (χ3n) is 4.53. The Hall–Kier alpha value is -3.33. The number of fused-ring (bicyclic) bond motifs is 1. The van der Waals surface area contributed by atoms with Crippen molar-refractivity contribution in [3.8, 4) is 11.3 Å². The van der Waals surface area contributed by atoms with Crippen LogP contribution in [0.25, 0.3) is 22.2 Å². The Kier molecular flexibility index (Phi) is 4.34. The summed E-state index contributed by atoms with van der Waals surface area (Å²) < 4.78 is 65.4. The normalized spacial score (nSPS) is 12.4. The van der Waals surface area contributed by atoms with Crippen LogP contribution >= 0.6 is 0 Å². The number of H-pyrrole nitrogens is 1. The van der Waals surface area contributed by atoms with Gasteiger partial charge in [-0.25, -0.2) is 12.4 Å². The molecule has 0 aliphatic rings. The van der Waals surface area contributed by atoms with Crippen molar-refractivity contribution in [2.24, 2.45) is 0 Å². The molecule has 148 valence electrons. The minimum atomic E-state index is -4.57. The predicted octanol–water partition coefficient (Wildman–Crippen LogP) is 4.70. The van der Waals surface area contributed by atoms with E-state index in [0.29, 0.717) is 24.0 Å². The molecule has 2 heterocycles. The monoisotopic (exact) mass is 418 g/mol. The SMILES string of the molecule is O=Cc1cc(-c2ccc3[nH]ccc3c2)n(S(=O)(=O)c2ccc(C(F)(F)F)cc2)c1. The van der Waals surface area contributed by atoms with E-state index in [2.05, 4.69) is 4.98 Å². The van der Waals surface area contributed by atoms with Crippen LogP contribution in [0.15, 0.2) is 71.9 Å². The lowest BCUT2D eigenvalue weighted by molar-refractivity contribution is -0.137. The molecule has 5 nitrogen and oxygen atoms in total. The number of nitrogens with one attached hydrogen (secondary N) is 1. The van der Waals surface area contributed by atoms with Crippen molar-refractivity contribution in [3.05, 3.63) is 78.1 Å². The summed E-state index contributed by atoms with van der Waals surface area (Å²) in [6.45, 7) is 0. The third kappa shape index (κ3) is 3.33. The Morgan fingerprint density at radius 2 is 1.69 bits per heavy atom. The van der Waals surface area contributed by atoms with Crippen LogP contribution in [0.4, 0.5) is 13.2 Å². The van der Waals surface area contributed by atoms with Crippen LogP contribution in [0.5, 0.6) is 0 Å². The van der Waals surface area contributed by atoms with Crippen molar-refractivity contribution in [1.82, 2.24) is 8.96 Å². The Morgan fingerprint density at radius 3 is 2.34 bits per heavy atom. The van der Waals surface area contributed by atoms with Crippen LogP contribution in [0.1, 0.15) is 15.9 Å². The van der Waals surface area contributed by atoms with Gasteiger partial charge in [0.1, 0.15) is 0 Å². The first kappa shape index (κ1) is 19.0. The zero-order valence-corrected chi connectivity index (χ0v) is 15.5. The fourth-order valence-electron chi connectivity index (χ4n) is 3.08. The van der Waals surface area contributed by atoms with Crippen molar-refractivity contribution in [2.75, 3.05) is 0 Å². The van der Waals surface area contributed by atoms with Gasteiger partial charge in [0.25, 0.3) is 10.0 Å². The van der Waals surface area contributed by atoms with Gasteiger partial charge in [0.2, 0.25) is 0 Å². The van der Waals surface area contributed by atoms with Crippen LogP contribution in [-0.4, -0.2) is 23.7 Å². The second-order valence-corrected chi connectivity index (χ2v) is 8.19. The van der Waals surface area contributed by atoms with Gasteiger partial charge < -0.3 is 4.98 Å². The summed E-state index contributed by atoms with van der Waals surface area (Å²) >= 11 is 0. The van der Waals surface area contributed by atoms with E-state index in [0.717, 1.165) is 33.2 Å². The summed E-state index contributed by atoms with van der Waals surface area (Å²) in [6.07, 6.45) is -1.17. The minimum absolute atomic E-state index is 0.129. The topological polar surface area (TPSA) is 71.9 Å². The summed E-state index contributed by atoms with van der Waals surface area (Å²) in [5, 5.41) is 0.842. The average molecular weight is 418 g/mol. The standard InChI is InChI=1S/C20H13F3N2O3S/c21-20(22,23)16-2-4-17(5-3-16)29(27,28)25-11-13(12-26)9-19(25)15-1-6-18-14(10-15)7-8-24-18/h1-12,24H. The second kappa shape index (κ2) is 6.63. The smallest absolute Gasteiger partial charge is 0.361 e. The number of halogens is 3. The third-order valence-corrected chi connectivity index (χ3v) is 6.22. The first-order valence-electron chi connectivity index (χ1n) is 8.38. The van der Waals surface area contributed by atoms with Crippen molar-refractivity contribution in [2.45, 2.75) is 11.1 Å². The van der Waals surface area contributed by atoms with Crippen LogP contribution in [-0.2, 0) is 16.2 Å². The molecule has 0 aliphatic carbocycles. The van der Waals surface area contributed by atoms with Gasteiger partial charge in [-0.2, -0.15) is 13.2 Å². The highest BCUT2D eigenvalue weighted by Gasteiger charge is 2.31. The molecule has 2 aromatic heterocycles. The number of alkyl halides is 3. The molecule has 0 fully saturated rings. The molecular formula is C20H13F3N2O3S. The molecule has 2 aromatic carbocycles. The number of hydrogen-bond donors (Lipinski definition) is 1. The fourth-order valence-corrected chi connectivity index (χ4v) is 4.46. The highest BCUT2D eigenvalue weighted by molar-refractivity contribution is 7.90. The van der Waals surface area contributed by atoms with Crippen LogP contribution in [0.3, 0.4) is 0 Å². The molecule has 29 heavy (non-hydrogen) atoms. The van der Waals surface area contributed by atoms with Crippen molar-refractivity contribution >= 4 is 27.2 Å². The molecule has 0 unspecified atom stereocenters. The summed E-state index contributed by atoms with van der Waals surface area (Å²) in [5.41, 5.74) is 0.809. The van der Waals surface area contributed by atoms with E-state index in [9.17, 15) is 26.4 Å². The quantitative estimate of drug-likeness (QED) is 0.488. The van der Waals surface area contributed by atoms with E-state index in [-0.39, 0.29) is 16.2 Å². The van der Waals surface area contributed by atoms with Crippen LogP contribution in [0, 0.1) is 0 Å². The van der Waals surface area contributed by atoms with Crippen molar-refractivity contribution < 1.29 is 26.4 Å².